The molecule has 1 aromatic heterocycles. The van der Waals surface area contributed by atoms with Gasteiger partial charge in [-0.15, -0.1) is 5.10 Å². The zero-order valence-electron chi connectivity index (χ0n) is 20.8. The van der Waals surface area contributed by atoms with Crippen molar-refractivity contribution in [3.05, 3.63) is 24.0 Å². The monoisotopic (exact) mass is 453 g/mol. The van der Waals surface area contributed by atoms with Gasteiger partial charge < -0.3 is 10.6 Å². The highest BCUT2D eigenvalue weighted by Gasteiger charge is 2.58. The largest absolute Gasteiger partial charge is 0.396 e. The fraction of sp³-hybridized carbons (Fsp3) is 0.815. The van der Waals surface area contributed by atoms with Crippen molar-refractivity contribution in [1.29, 1.82) is 0 Å². The molecule has 5 rings (SSSR count). The smallest absolute Gasteiger partial charge is 0.117 e. The fourth-order valence-corrected chi connectivity index (χ4v) is 8.17. The van der Waals surface area contributed by atoms with Crippen molar-refractivity contribution in [3.63, 3.8) is 0 Å². The van der Waals surface area contributed by atoms with Crippen LogP contribution in [0.15, 0.2) is 23.5 Å². The molecule has 4 saturated carbocycles. The number of hydrogen-bond donors (Lipinski definition) is 1. The third-order valence-electron chi connectivity index (χ3n) is 10.3. The van der Waals surface area contributed by atoms with Crippen LogP contribution in [0.1, 0.15) is 90.2 Å². The normalized spacial score (nSPS) is 39.2. The number of fused-ring (bicyclic) bond motifs is 5. The Morgan fingerprint density at radius 2 is 2.03 bits per heavy atom. The van der Waals surface area contributed by atoms with E-state index in [1.165, 1.54) is 50.7 Å². The van der Waals surface area contributed by atoms with Crippen molar-refractivity contribution >= 4 is 5.71 Å². The van der Waals surface area contributed by atoms with Gasteiger partial charge in [-0.1, -0.05) is 36.4 Å². The number of nitrogens with zero attached hydrogens (tertiary/aromatic N) is 4. The number of hydrogen-bond acceptors (Lipinski definition) is 5. The highest BCUT2D eigenvalue weighted by molar-refractivity contribution is 5.85. The average molecular weight is 454 g/mol. The van der Waals surface area contributed by atoms with E-state index in [1.807, 2.05) is 10.9 Å². The fourth-order valence-electron chi connectivity index (χ4n) is 8.17. The maximum Gasteiger partial charge on any atom is 0.117 e. The summed E-state index contributed by atoms with van der Waals surface area (Å²) in [5.74, 6) is 3.50. The molecule has 0 amide bonds. The van der Waals surface area contributed by atoms with E-state index in [2.05, 4.69) is 35.9 Å². The molecule has 4 aliphatic rings. The first kappa shape index (κ1) is 23.1. The zero-order valence-corrected chi connectivity index (χ0v) is 20.8. The molecule has 1 aromatic rings. The van der Waals surface area contributed by atoms with Crippen LogP contribution in [0.3, 0.4) is 0 Å². The molecule has 2 N–H and O–H groups in total. The lowest BCUT2D eigenvalue weighted by atomic mass is 9.45. The molecule has 6 nitrogen and oxygen atoms in total. The van der Waals surface area contributed by atoms with Crippen LogP contribution in [0.2, 0.25) is 0 Å². The van der Waals surface area contributed by atoms with Crippen LogP contribution in [-0.4, -0.2) is 27.3 Å². The predicted molar refractivity (Wildman–Crippen MR) is 131 cm³/mol. The first-order valence-corrected chi connectivity index (χ1v) is 13.4. The first-order chi connectivity index (χ1) is 15.9. The lowest BCUT2D eigenvalue weighted by Crippen LogP contribution is -2.52. The summed E-state index contributed by atoms with van der Waals surface area (Å²) in [6, 6.07) is 0. The summed E-state index contributed by atoms with van der Waals surface area (Å²) >= 11 is 0. The molecule has 1 heterocycles. The zero-order chi connectivity index (χ0) is 23.1. The number of nitrogens with two attached hydrogens (primary N) is 1. The molecule has 6 heteroatoms. The lowest BCUT2D eigenvalue weighted by Gasteiger charge is -2.60. The predicted octanol–water partition coefficient (Wildman–Crippen LogP) is 5.49. The molecule has 0 bridgehead atoms. The van der Waals surface area contributed by atoms with E-state index in [9.17, 15) is 0 Å². The van der Waals surface area contributed by atoms with E-state index < -0.39 is 0 Å². The average Bonchev–Trinajstić information content (AvgIpc) is 3.40. The van der Waals surface area contributed by atoms with Crippen LogP contribution < -0.4 is 5.73 Å². The Morgan fingerprint density at radius 3 is 2.85 bits per heavy atom. The second kappa shape index (κ2) is 9.16. The summed E-state index contributed by atoms with van der Waals surface area (Å²) < 4.78 is 1.86. The maximum absolute atomic E-state index is 5.75. The standard InChI is InChI=1S/C27H43N5O/c1-19-6-9-24-23-8-7-20-16-21(10-12-27(20,3)25(23)11-13-26(19,24)2)30-33-15-5-4-14-32-18-22(17-28)29-31-32/h18,20,23-25H,1,4-17,28H2,2-3H3/t20?,23?,24?,25?,26-,27+/m1/s1. The van der Waals surface area contributed by atoms with E-state index in [0.717, 1.165) is 61.6 Å². The van der Waals surface area contributed by atoms with Crippen LogP contribution in [0, 0.1) is 34.5 Å². The Hall–Kier alpha value is -1.69. The molecule has 0 spiro atoms. The van der Waals surface area contributed by atoms with E-state index in [1.54, 1.807) is 5.57 Å². The summed E-state index contributed by atoms with van der Waals surface area (Å²) in [6.07, 6.45) is 15.7. The van der Waals surface area contributed by atoms with Gasteiger partial charge in [0.25, 0.3) is 0 Å². The van der Waals surface area contributed by atoms with Crippen LogP contribution in [0.5, 0.6) is 0 Å². The topological polar surface area (TPSA) is 78.3 Å². The first-order valence-electron chi connectivity index (χ1n) is 13.4. The highest BCUT2D eigenvalue weighted by Crippen LogP contribution is 2.66. The van der Waals surface area contributed by atoms with Crippen LogP contribution in [-0.2, 0) is 17.9 Å². The number of oxime groups is 1. The maximum atomic E-state index is 5.75. The van der Waals surface area contributed by atoms with Crippen molar-refractivity contribution in [2.45, 2.75) is 97.6 Å². The molecule has 0 aromatic carbocycles. The molecular weight excluding hydrogens is 410 g/mol. The molecule has 4 unspecified atom stereocenters. The molecule has 0 aliphatic heterocycles. The third kappa shape index (κ3) is 4.17. The van der Waals surface area contributed by atoms with Gasteiger partial charge >= 0.3 is 0 Å². The van der Waals surface area contributed by atoms with Gasteiger partial charge in [0.1, 0.15) is 6.61 Å². The molecular formula is C27H43N5O. The van der Waals surface area contributed by atoms with Crippen LogP contribution in [0.25, 0.3) is 0 Å². The van der Waals surface area contributed by atoms with Crippen molar-refractivity contribution in [2.24, 2.45) is 45.4 Å². The van der Waals surface area contributed by atoms with E-state index >= 15 is 0 Å². The Bertz CT molecular complexity index is 893. The number of aromatic nitrogens is 3. The quantitative estimate of drug-likeness (QED) is 0.336. The molecule has 182 valence electrons. The third-order valence-corrected chi connectivity index (χ3v) is 10.3. The second-order valence-corrected chi connectivity index (χ2v) is 11.8. The van der Waals surface area contributed by atoms with Crippen molar-refractivity contribution in [1.82, 2.24) is 15.0 Å². The van der Waals surface area contributed by atoms with Gasteiger partial charge in [-0.2, -0.15) is 0 Å². The number of rotatable bonds is 7. The Balaban J connectivity index is 1.11. The second-order valence-electron chi connectivity index (χ2n) is 11.8. The van der Waals surface area contributed by atoms with Gasteiger partial charge in [0.05, 0.1) is 11.4 Å². The highest BCUT2D eigenvalue weighted by atomic mass is 16.6. The van der Waals surface area contributed by atoms with Gasteiger partial charge in [0, 0.05) is 19.3 Å². The Kier molecular flexibility index (Phi) is 6.41. The van der Waals surface area contributed by atoms with E-state index in [-0.39, 0.29) is 0 Å². The van der Waals surface area contributed by atoms with Crippen molar-refractivity contribution in [2.75, 3.05) is 6.61 Å². The number of unbranched alkanes of at least 4 members (excludes halogenated alkanes) is 1. The summed E-state index contributed by atoms with van der Waals surface area (Å²) in [5, 5.41) is 12.7. The van der Waals surface area contributed by atoms with Crippen molar-refractivity contribution in [3.8, 4) is 0 Å². The Labute approximate surface area is 199 Å². The SMILES string of the molecule is C=C1CCC2C3CCC4CC(=NOCCCCn5cc(CN)nn5)CC[C@]4(C)C3CC[C@]12C. The minimum absolute atomic E-state index is 0.431. The number of allylic oxidation sites excluding steroid dienone is 1. The molecule has 6 atom stereocenters. The van der Waals surface area contributed by atoms with Gasteiger partial charge in [-0.25, -0.2) is 0 Å². The summed E-state index contributed by atoms with van der Waals surface area (Å²) in [7, 11) is 0. The number of aryl methyl sites for hydroxylation is 1. The molecule has 0 radical (unpaired) electrons. The van der Waals surface area contributed by atoms with Gasteiger partial charge in [0.2, 0.25) is 0 Å². The molecule has 4 aliphatic carbocycles. The van der Waals surface area contributed by atoms with Crippen molar-refractivity contribution < 1.29 is 4.84 Å². The van der Waals surface area contributed by atoms with E-state index in [0.29, 0.717) is 24.0 Å². The summed E-state index contributed by atoms with van der Waals surface area (Å²) in [5.41, 5.74) is 10.2. The minimum atomic E-state index is 0.431. The van der Waals surface area contributed by atoms with E-state index in [4.69, 9.17) is 10.6 Å². The lowest BCUT2D eigenvalue weighted by molar-refractivity contribution is -0.0859. The summed E-state index contributed by atoms with van der Waals surface area (Å²) in [4.78, 5) is 5.75. The molecule has 4 fully saturated rings. The molecule has 0 saturated heterocycles. The molecule has 33 heavy (non-hydrogen) atoms. The Morgan fingerprint density at radius 1 is 1.15 bits per heavy atom. The van der Waals surface area contributed by atoms with Crippen LogP contribution >= 0.6 is 0 Å². The van der Waals surface area contributed by atoms with Crippen LogP contribution in [0.4, 0.5) is 0 Å². The minimum Gasteiger partial charge on any atom is -0.396 e. The summed E-state index contributed by atoms with van der Waals surface area (Å²) in [6.45, 7) is 11.6. The van der Waals surface area contributed by atoms with Gasteiger partial charge in [0.15, 0.2) is 0 Å². The van der Waals surface area contributed by atoms with Gasteiger partial charge in [-0.05, 0) is 105 Å². The van der Waals surface area contributed by atoms with Gasteiger partial charge in [-0.3, -0.25) is 4.68 Å².